The van der Waals surface area contributed by atoms with E-state index in [4.69, 9.17) is 9.84 Å². The van der Waals surface area contributed by atoms with Crippen LogP contribution >= 0.6 is 0 Å². The lowest BCUT2D eigenvalue weighted by atomic mass is 9.98. The first kappa shape index (κ1) is 14.8. The van der Waals surface area contributed by atoms with Crippen molar-refractivity contribution in [3.8, 4) is 0 Å². The van der Waals surface area contributed by atoms with Crippen molar-refractivity contribution in [3.05, 3.63) is 20.8 Å². The van der Waals surface area contributed by atoms with E-state index in [0.717, 1.165) is 0 Å². The lowest BCUT2D eigenvalue weighted by molar-refractivity contribution is -0.255. The summed E-state index contributed by atoms with van der Waals surface area (Å²) in [6.45, 7) is -0.646. The summed E-state index contributed by atoms with van der Waals surface area (Å²) >= 11 is 0. The maximum atomic E-state index is 12.2. The Morgan fingerprint density at radius 2 is 1.86 bits per heavy atom. The number of H-pyrrole nitrogens is 2. The molecule has 1 saturated heterocycles. The second kappa shape index (κ2) is 5.26. The predicted molar refractivity (Wildman–Crippen MR) is 67.8 cm³/mol. The summed E-state index contributed by atoms with van der Waals surface area (Å²) in [4.78, 5) is 27.9. The van der Waals surface area contributed by atoms with Gasteiger partial charge in [0.1, 0.15) is 24.4 Å². The van der Waals surface area contributed by atoms with Crippen LogP contribution in [0.4, 0.5) is 0 Å². The second-order valence-corrected chi connectivity index (χ2v) is 4.86. The molecule has 5 unspecified atom stereocenters. The van der Waals surface area contributed by atoms with E-state index in [1.807, 2.05) is 0 Å². The highest BCUT2D eigenvalue weighted by Gasteiger charge is 2.45. The zero-order valence-electron chi connectivity index (χ0n) is 10.9. The molecule has 1 aliphatic rings. The van der Waals surface area contributed by atoms with Gasteiger partial charge in [0.2, 0.25) is 0 Å². The van der Waals surface area contributed by atoms with Crippen molar-refractivity contribution in [2.45, 2.75) is 30.6 Å². The van der Waals surface area contributed by atoms with Crippen molar-refractivity contribution in [1.82, 2.24) is 25.0 Å². The second-order valence-electron chi connectivity index (χ2n) is 4.86. The molecule has 0 aromatic carbocycles. The molecular weight excluding hydrogens is 302 g/mol. The maximum Gasteiger partial charge on any atom is 0.325 e. The molecule has 2 aromatic heterocycles. The smallest absolute Gasteiger partial charge is 0.325 e. The fourth-order valence-corrected chi connectivity index (χ4v) is 2.30. The van der Waals surface area contributed by atoms with Gasteiger partial charge in [0.25, 0.3) is 5.56 Å². The van der Waals surface area contributed by atoms with Crippen LogP contribution in [0.2, 0.25) is 0 Å². The Bertz CT molecular complexity index is 795. The van der Waals surface area contributed by atoms with E-state index >= 15 is 0 Å². The van der Waals surface area contributed by atoms with Crippen LogP contribution in [-0.2, 0) is 4.74 Å². The van der Waals surface area contributed by atoms with Gasteiger partial charge < -0.3 is 25.2 Å². The quantitative estimate of drug-likeness (QED) is 0.319. The molecule has 1 aliphatic heterocycles. The summed E-state index contributed by atoms with van der Waals surface area (Å²) in [7, 11) is 0. The van der Waals surface area contributed by atoms with E-state index in [9.17, 15) is 24.9 Å². The van der Waals surface area contributed by atoms with E-state index in [2.05, 4.69) is 20.3 Å². The van der Waals surface area contributed by atoms with Gasteiger partial charge in [-0.2, -0.15) is 4.68 Å². The first-order valence-electron chi connectivity index (χ1n) is 6.32. The van der Waals surface area contributed by atoms with E-state index in [0.29, 0.717) is 4.68 Å². The molecule has 22 heavy (non-hydrogen) atoms. The zero-order chi connectivity index (χ0) is 16.0. The number of fused-ring (bicyclic) bond motifs is 1. The average molecular weight is 315 g/mol. The van der Waals surface area contributed by atoms with E-state index in [1.54, 1.807) is 0 Å². The van der Waals surface area contributed by atoms with Gasteiger partial charge in [0.05, 0.1) is 6.61 Å². The number of hydrogen-bond acceptors (Lipinski definition) is 9. The van der Waals surface area contributed by atoms with Crippen LogP contribution in [0.1, 0.15) is 6.23 Å². The molecule has 0 spiro atoms. The number of imidazole rings is 1. The van der Waals surface area contributed by atoms with Crippen molar-refractivity contribution in [3.63, 3.8) is 0 Å². The minimum Gasteiger partial charge on any atom is -0.394 e. The number of rotatable bonds is 2. The van der Waals surface area contributed by atoms with E-state index in [-0.39, 0.29) is 11.2 Å². The number of hydrogen-bond donors (Lipinski definition) is 6. The largest absolute Gasteiger partial charge is 0.394 e. The molecule has 2 aromatic rings. The third kappa shape index (κ3) is 2.13. The minimum absolute atomic E-state index is 0.0733. The lowest BCUT2D eigenvalue weighted by Gasteiger charge is -2.39. The molecule has 12 nitrogen and oxygen atoms in total. The highest BCUT2D eigenvalue weighted by atomic mass is 16.6. The molecule has 12 heteroatoms. The Morgan fingerprint density at radius 1 is 1.14 bits per heavy atom. The van der Waals surface area contributed by atoms with Gasteiger partial charge in [0, 0.05) is 0 Å². The van der Waals surface area contributed by atoms with Crippen molar-refractivity contribution in [1.29, 1.82) is 0 Å². The Hall–Kier alpha value is -2.12. The van der Waals surface area contributed by atoms with Gasteiger partial charge in [-0.1, -0.05) is 5.21 Å². The Morgan fingerprint density at radius 3 is 2.55 bits per heavy atom. The Balaban J connectivity index is 2.08. The van der Waals surface area contributed by atoms with Crippen molar-refractivity contribution in [2.75, 3.05) is 6.61 Å². The van der Waals surface area contributed by atoms with Gasteiger partial charge in [-0.3, -0.25) is 14.8 Å². The van der Waals surface area contributed by atoms with Crippen LogP contribution in [-0.4, -0.2) is 76.4 Å². The number of aromatic nitrogens is 5. The number of nitrogens with one attached hydrogen (secondary N) is 2. The van der Waals surface area contributed by atoms with Crippen LogP contribution in [0.15, 0.2) is 9.59 Å². The van der Waals surface area contributed by atoms with Gasteiger partial charge in [-0.05, 0) is 0 Å². The van der Waals surface area contributed by atoms with Crippen LogP contribution < -0.4 is 11.2 Å². The van der Waals surface area contributed by atoms with Crippen LogP contribution in [0.5, 0.6) is 0 Å². The highest BCUT2D eigenvalue weighted by molar-refractivity contribution is 5.67. The molecule has 0 aliphatic carbocycles. The number of aromatic amines is 2. The standard InChI is InChI=1S/C10H13N5O7/c16-1-2-4(17)5(18)6(19)9(22-2)15-8(20)3-7(13-14-15)12-10(21)11-3/h2,4-6,9,16-19H,1H2,(H2,11,12,21). The number of aliphatic hydroxyl groups excluding tert-OH is 4. The normalized spacial score (nSPS) is 32.5. The molecule has 0 bridgehead atoms. The van der Waals surface area contributed by atoms with Crippen LogP contribution in [0.3, 0.4) is 0 Å². The summed E-state index contributed by atoms with van der Waals surface area (Å²) < 4.78 is 5.82. The summed E-state index contributed by atoms with van der Waals surface area (Å²) in [5.41, 5.74) is -1.74. The molecule has 0 saturated carbocycles. The van der Waals surface area contributed by atoms with Crippen molar-refractivity contribution in [2.24, 2.45) is 0 Å². The molecule has 0 radical (unpaired) electrons. The fourth-order valence-electron chi connectivity index (χ4n) is 2.30. The van der Waals surface area contributed by atoms with E-state index < -0.39 is 48.5 Å². The summed E-state index contributed by atoms with van der Waals surface area (Å²) in [5, 5.41) is 45.6. The highest BCUT2D eigenvalue weighted by Crippen LogP contribution is 2.26. The number of aliphatic hydroxyl groups is 4. The zero-order valence-corrected chi connectivity index (χ0v) is 10.9. The van der Waals surface area contributed by atoms with Crippen molar-refractivity contribution < 1.29 is 25.2 Å². The molecule has 6 N–H and O–H groups in total. The fraction of sp³-hybridized carbons (Fsp3) is 0.600. The SMILES string of the molecule is O=c1[nH]c2nnn(C3OC(CO)C(O)C(O)C3O)c(=O)c2[nH]1. The average Bonchev–Trinajstić information content (AvgIpc) is 2.88. The van der Waals surface area contributed by atoms with Crippen LogP contribution in [0.25, 0.3) is 11.2 Å². The lowest BCUT2D eigenvalue weighted by Crippen LogP contribution is -2.58. The Labute approximate surface area is 120 Å². The van der Waals surface area contributed by atoms with Crippen molar-refractivity contribution >= 4 is 11.2 Å². The van der Waals surface area contributed by atoms with Gasteiger partial charge in [-0.25, -0.2) is 4.79 Å². The number of nitrogens with zero attached hydrogens (tertiary/aromatic N) is 3. The topological polar surface area (TPSA) is 187 Å². The molecule has 3 rings (SSSR count). The first-order valence-corrected chi connectivity index (χ1v) is 6.32. The van der Waals surface area contributed by atoms with Gasteiger partial charge in [-0.15, -0.1) is 5.10 Å². The number of ether oxygens (including phenoxy) is 1. The molecule has 3 heterocycles. The third-order valence-corrected chi connectivity index (χ3v) is 3.48. The van der Waals surface area contributed by atoms with Crippen LogP contribution in [0, 0.1) is 0 Å². The Kier molecular flexibility index (Phi) is 3.54. The summed E-state index contributed by atoms with van der Waals surface area (Å²) in [6, 6.07) is 0. The van der Waals surface area contributed by atoms with Gasteiger partial charge >= 0.3 is 5.69 Å². The molecule has 120 valence electrons. The van der Waals surface area contributed by atoms with E-state index in [1.165, 1.54) is 0 Å². The molecule has 0 amide bonds. The monoisotopic (exact) mass is 315 g/mol. The third-order valence-electron chi connectivity index (χ3n) is 3.48. The predicted octanol–water partition coefficient (Wildman–Crippen LogP) is -4.22. The molecule has 1 fully saturated rings. The summed E-state index contributed by atoms with van der Waals surface area (Å²) in [5.74, 6) is 0. The minimum atomic E-state index is -1.69. The molecule has 5 atom stereocenters. The van der Waals surface area contributed by atoms with Gasteiger partial charge in [0.15, 0.2) is 17.4 Å². The maximum absolute atomic E-state index is 12.2. The molecular formula is C10H13N5O7. The summed E-state index contributed by atoms with van der Waals surface area (Å²) in [6.07, 6.45) is -7.59. The first-order chi connectivity index (χ1) is 10.4.